The van der Waals surface area contributed by atoms with E-state index in [4.69, 9.17) is 0 Å². The van der Waals surface area contributed by atoms with Crippen LogP contribution in [0.25, 0.3) is 22.3 Å². The van der Waals surface area contributed by atoms with Crippen LogP contribution in [0.2, 0.25) is 0 Å². The summed E-state index contributed by atoms with van der Waals surface area (Å²) in [6.45, 7) is 0. The number of amides is 2. The summed E-state index contributed by atoms with van der Waals surface area (Å²) in [5.74, 6) is -0.632. The molecule has 0 spiro atoms. The number of hydrogen-bond acceptors (Lipinski definition) is 4. The number of carbonyl (C=O) groups excluding carboxylic acids is 2. The minimum absolute atomic E-state index is 0.316. The third-order valence-corrected chi connectivity index (χ3v) is 9.10. The highest BCUT2D eigenvalue weighted by molar-refractivity contribution is 7.99. The first kappa shape index (κ1) is 25.3. The van der Waals surface area contributed by atoms with Gasteiger partial charge in [-0.15, -0.1) is 0 Å². The Morgan fingerprint density at radius 2 is 0.837 bits per heavy atom. The Kier molecular flexibility index (Phi) is 5.98. The van der Waals surface area contributed by atoms with Gasteiger partial charge in [-0.25, -0.2) is 4.90 Å². The molecule has 6 aromatic carbocycles. The zero-order valence-electron chi connectivity index (χ0n) is 23.0. The Balaban J connectivity index is 1.24. The molecule has 2 aliphatic heterocycles. The lowest BCUT2D eigenvalue weighted by Gasteiger charge is -2.33. The molecule has 204 valence electrons. The summed E-state index contributed by atoms with van der Waals surface area (Å²) < 4.78 is 0. The molecule has 2 aliphatic rings. The predicted molar refractivity (Wildman–Crippen MR) is 174 cm³/mol. The van der Waals surface area contributed by atoms with Crippen molar-refractivity contribution in [3.8, 4) is 22.3 Å². The first-order valence-electron chi connectivity index (χ1n) is 14.1. The maximum absolute atomic E-state index is 14.0. The lowest BCUT2D eigenvalue weighted by molar-refractivity contribution is 0.0926. The van der Waals surface area contributed by atoms with Crippen LogP contribution < -0.4 is 9.80 Å². The van der Waals surface area contributed by atoms with Crippen molar-refractivity contribution in [2.45, 2.75) is 9.79 Å². The van der Waals surface area contributed by atoms with E-state index in [1.54, 1.807) is 11.8 Å². The molecule has 0 saturated carbocycles. The number of fused-ring (bicyclic) bond motifs is 3. The quantitative estimate of drug-likeness (QED) is 0.197. The number of hydrogen-bond donors (Lipinski definition) is 0. The standard InChI is InChI=1S/C38H24N2O2S/c41-37-31-23-29(25-12-3-1-4-13-25)30(26-14-5-2-6-15-26)24-32(31)38(42)40(37)28-17-11-16-27(22-28)39-33-18-7-9-20-35(33)43-36-21-10-8-19-34(36)39/h1-24H. The minimum Gasteiger partial charge on any atom is -0.308 e. The molecular formula is C38H24N2O2S. The highest BCUT2D eigenvalue weighted by Crippen LogP contribution is 2.51. The molecule has 4 nitrogen and oxygen atoms in total. The lowest BCUT2D eigenvalue weighted by Crippen LogP contribution is -2.29. The summed E-state index contributed by atoms with van der Waals surface area (Å²) in [6, 6.07) is 48.0. The van der Waals surface area contributed by atoms with Crippen LogP contribution in [0.1, 0.15) is 20.7 Å². The topological polar surface area (TPSA) is 40.6 Å². The fraction of sp³-hybridized carbons (Fsp3) is 0. The number of rotatable bonds is 4. The zero-order chi connectivity index (χ0) is 28.9. The molecule has 0 unspecified atom stereocenters. The molecular weight excluding hydrogens is 548 g/mol. The summed E-state index contributed by atoms with van der Waals surface area (Å²) in [4.78, 5) is 33.8. The molecule has 0 aliphatic carbocycles. The van der Waals surface area contributed by atoms with Gasteiger partial charge in [0.2, 0.25) is 0 Å². The molecule has 8 rings (SSSR count). The van der Waals surface area contributed by atoms with Crippen molar-refractivity contribution in [1.29, 1.82) is 0 Å². The molecule has 5 heteroatoms. The summed E-state index contributed by atoms with van der Waals surface area (Å²) in [7, 11) is 0. The number of para-hydroxylation sites is 2. The van der Waals surface area contributed by atoms with Crippen LogP contribution in [0.15, 0.2) is 155 Å². The monoisotopic (exact) mass is 572 g/mol. The minimum atomic E-state index is -0.316. The van der Waals surface area contributed by atoms with Crippen LogP contribution in [-0.2, 0) is 0 Å². The van der Waals surface area contributed by atoms with E-state index >= 15 is 0 Å². The number of nitrogens with zero attached hydrogens (tertiary/aromatic N) is 2. The summed E-state index contributed by atoms with van der Waals surface area (Å²) in [6.07, 6.45) is 0. The van der Waals surface area contributed by atoms with Crippen molar-refractivity contribution in [3.05, 3.63) is 157 Å². The molecule has 0 bridgehead atoms. The van der Waals surface area contributed by atoms with Gasteiger partial charge < -0.3 is 4.90 Å². The van der Waals surface area contributed by atoms with Crippen molar-refractivity contribution in [2.75, 3.05) is 9.80 Å². The van der Waals surface area contributed by atoms with E-state index in [0.29, 0.717) is 16.8 Å². The second-order valence-corrected chi connectivity index (χ2v) is 11.6. The van der Waals surface area contributed by atoms with E-state index < -0.39 is 0 Å². The second kappa shape index (κ2) is 10.2. The Hall–Kier alpha value is -5.39. The van der Waals surface area contributed by atoms with E-state index in [-0.39, 0.29) is 11.8 Å². The smallest absolute Gasteiger partial charge is 0.266 e. The molecule has 0 radical (unpaired) electrons. The van der Waals surface area contributed by atoms with Gasteiger partial charge in [0.15, 0.2) is 0 Å². The van der Waals surface area contributed by atoms with Gasteiger partial charge in [0.05, 0.1) is 28.2 Å². The van der Waals surface area contributed by atoms with Gasteiger partial charge >= 0.3 is 0 Å². The summed E-state index contributed by atoms with van der Waals surface area (Å²) in [5.41, 5.74) is 8.19. The normalized spacial score (nSPS) is 13.5. The van der Waals surface area contributed by atoms with Crippen LogP contribution in [0.3, 0.4) is 0 Å². The van der Waals surface area contributed by atoms with Gasteiger partial charge in [-0.05, 0) is 76.9 Å². The predicted octanol–water partition coefficient (Wildman–Crippen LogP) is 9.76. The van der Waals surface area contributed by atoms with Crippen LogP contribution in [0.4, 0.5) is 22.7 Å². The van der Waals surface area contributed by atoms with Gasteiger partial charge in [0.25, 0.3) is 11.8 Å². The average molecular weight is 573 g/mol. The number of anilines is 4. The zero-order valence-corrected chi connectivity index (χ0v) is 23.8. The summed E-state index contributed by atoms with van der Waals surface area (Å²) >= 11 is 1.74. The van der Waals surface area contributed by atoms with Crippen molar-refractivity contribution in [2.24, 2.45) is 0 Å². The van der Waals surface area contributed by atoms with E-state index in [0.717, 1.165) is 49.1 Å². The van der Waals surface area contributed by atoms with E-state index in [1.807, 2.05) is 121 Å². The van der Waals surface area contributed by atoms with Crippen molar-refractivity contribution >= 4 is 46.3 Å². The highest BCUT2D eigenvalue weighted by atomic mass is 32.2. The molecule has 0 fully saturated rings. The fourth-order valence-electron chi connectivity index (χ4n) is 5.99. The van der Waals surface area contributed by atoms with Gasteiger partial charge in [0, 0.05) is 15.5 Å². The van der Waals surface area contributed by atoms with Gasteiger partial charge in [-0.2, -0.15) is 0 Å². The Morgan fingerprint density at radius 1 is 0.395 bits per heavy atom. The van der Waals surface area contributed by atoms with Crippen molar-refractivity contribution in [3.63, 3.8) is 0 Å². The second-order valence-electron chi connectivity index (χ2n) is 10.5. The van der Waals surface area contributed by atoms with Crippen LogP contribution in [0.5, 0.6) is 0 Å². The van der Waals surface area contributed by atoms with Crippen LogP contribution in [-0.4, -0.2) is 11.8 Å². The van der Waals surface area contributed by atoms with Crippen LogP contribution in [0, 0.1) is 0 Å². The largest absolute Gasteiger partial charge is 0.308 e. The fourth-order valence-corrected chi connectivity index (χ4v) is 7.05. The van der Waals surface area contributed by atoms with Gasteiger partial charge in [-0.3, -0.25) is 9.59 Å². The van der Waals surface area contributed by atoms with E-state index in [1.165, 1.54) is 4.90 Å². The molecule has 0 saturated heterocycles. The first-order chi connectivity index (χ1) is 21.2. The Bertz CT molecular complexity index is 1930. The average Bonchev–Trinajstić information content (AvgIpc) is 3.32. The van der Waals surface area contributed by atoms with Gasteiger partial charge in [-0.1, -0.05) is 103 Å². The molecule has 0 aromatic heterocycles. The molecule has 43 heavy (non-hydrogen) atoms. The van der Waals surface area contributed by atoms with Crippen molar-refractivity contribution in [1.82, 2.24) is 0 Å². The van der Waals surface area contributed by atoms with E-state index in [9.17, 15) is 9.59 Å². The Morgan fingerprint density at radius 3 is 1.35 bits per heavy atom. The first-order valence-corrected chi connectivity index (χ1v) is 14.9. The molecule has 2 amide bonds. The Labute approximate surface area is 253 Å². The molecule has 2 heterocycles. The van der Waals surface area contributed by atoms with Crippen molar-refractivity contribution < 1.29 is 9.59 Å². The summed E-state index contributed by atoms with van der Waals surface area (Å²) in [5, 5.41) is 0. The number of imide groups is 1. The van der Waals surface area contributed by atoms with Crippen LogP contribution >= 0.6 is 11.8 Å². The molecule has 0 atom stereocenters. The molecule has 6 aromatic rings. The van der Waals surface area contributed by atoms with Gasteiger partial charge in [0.1, 0.15) is 0 Å². The number of carbonyl (C=O) groups is 2. The number of benzene rings is 6. The lowest BCUT2D eigenvalue weighted by atomic mass is 9.90. The third kappa shape index (κ3) is 4.17. The third-order valence-electron chi connectivity index (χ3n) is 7.97. The highest BCUT2D eigenvalue weighted by Gasteiger charge is 2.38. The maximum atomic E-state index is 14.0. The van der Waals surface area contributed by atoms with E-state index in [2.05, 4.69) is 29.2 Å². The maximum Gasteiger partial charge on any atom is 0.266 e. The SMILES string of the molecule is O=C1c2cc(-c3ccccc3)c(-c3ccccc3)cc2C(=O)N1c1cccc(N2c3ccccc3Sc3ccccc32)c1. The molecule has 0 N–H and O–H groups in total.